The minimum Gasteiger partial charge on any atom is -0.372 e. The zero-order chi connectivity index (χ0) is 8.85. The van der Waals surface area contributed by atoms with Crippen molar-refractivity contribution in [3.63, 3.8) is 0 Å². The molecule has 0 saturated heterocycles. The number of carbonyl (C=O) groups excluding carboxylic acids is 1. The van der Waals surface area contributed by atoms with Crippen LogP contribution in [-0.2, 0) is 9.63 Å². The maximum atomic E-state index is 10.5. The molecule has 0 aromatic heterocycles. The summed E-state index contributed by atoms with van der Waals surface area (Å²) in [6.07, 6.45) is 0. The summed E-state index contributed by atoms with van der Waals surface area (Å²) in [6.45, 7) is 2.16. The van der Waals surface area contributed by atoms with E-state index in [1.165, 1.54) is 4.90 Å². The van der Waals surface area contributed by atoms with Crippen LogP contribution in [0.2, 0.25) is 0 Å². The lowest BCUT2D eigenvalue weighted by Crippen LogP contribution is -2.40. The first-order valence-corrected chi connectivity index (χ1v) is 3.10. The van der Waals surface area contributed by atoms with Crippen LogP contribution in [0.4, 0.5) is 0 Å². The highest BCUT2D eigenvalue weighted by Crippen LogP contribution is 1.85. The van der Waals surface area contributed by atoms with Gasteiger partial charge in [0.25, 0.3) is 0 Å². The second kappa shape index (κ2) is 4.51. The molecular weight excluding hydrogens is 148 g/mol. The second-order valence-electron chi connectivity index (χ2n) is 1.89. The average Bonchev–Trinajstić information content (AvgIpc) is 1.99. The summed E-state index contributed by atoms with van der Waals surface area (Å²) in [6, 6.07) is 0. The largest absolute Gasteiger partial charge is 0.372 e. The van der Waals surface area contributed by atoms with E-state index in [4.69, 9.17) is 11.1 Å². The van der Waals surface area contributed by atoms with Gasteiger partial charge in [-0.1, -0.05) is 0 Å². The van der Waals surface area contributed by atoms with Crippen LogP contribution in [0.3, 0.4) is 0 Å². The molecule has 0 saturated carbocycles. The number of carbonyl (C=O) groups is 1. The molecule has 0 rings (SSSR count). The predicted molar refractivity (Wildman–Crippen MR) is 39.4 cm³/mol. The van der Waals surface area contributed by atoms with E-state index in [9.17, 15) is 4.79 Å². The fourth-order valence-electron chi connectivity index (χ4n) is 0.560. The lowest BCUT2D eigenvalue weighted by atomic mass is 10.5. The first-order chi connectivity index (χ1) is 5.11. The Morgan fingerprint density at radius 2 is 2.27 bits per heavy atom. The van der Waals surface area contributed by atoms with Crippen LogP contribution in [-0.4, -0.2) is 29.9 Å². The van der Waals surface area contributed by atoms with Gasteiger partial charge in [-0.05, 0) is 6.92 Å². The Kier molecular flexibility index (Phi) is 3.97. The van der Waals surface area contributed by atoms with Gasteiger partial charge in [-0.2, -0.15) is 5.90 Å². The molecule has 0 unspecified atom stereocenters. The van der Waals surface area contributed by atoms with Crippen molar-refractivity contribution in [2.75, 3.05) is 13.1 Å². The SMILES string of the molecule is CCN(CC(=O)ON)C(=N)N. The molecule has 0 bridgehead atoms. The first-order valence-electron chi connectivity index (χ1n) is 3.10. The van der Waals surface area contributed by atoms with Gasteiger partial charge in [0.2, 0.25) is 0 Å². The third kappa shape index (κ3) is 3.41. The smallest absolute Gasteiger partial charge is 0.344 e. The minimum atomic E-state index is -0.609. The van der Waals surface area contributed by atoms with E-state index in [2.05, 4.69) is 10.7 Å². The molecule has 6 nitrogen and oxygen atoms in total. The second-order valence-corrected chi connectivity index (χ2v) is 1.89. The normalized spacial score (nSPS) is 8.91. The molecule has 0 atom stereocenters. The average molecular weight is 160 g/mol. The fourth-order valence-corrected chi connectivity index (χ4v) is 0.560. The molecule has 0 aromatic carbocycles. The van der Waals surface area contributed by atoms with Crippen LogP contribution in [0.5, 0.6) is 0 Å². The maximum absolute atomic E-state index is 10.5. The van der Waals surface area contributed by atoms with Crippen LogP contribution in [0, 0.1) is 5.41 Å². The Labute approximate surface area is 64.6 Å². The lowest BCUT2D eigenvalue weighted by molar-refractivity contribution is -0.144. The van der Waals surface area contributed by atoms with E-state index < -0.39 is 5.97 Å². The molecule has 5 N–H and O–H groups in total. The van der Waals surface area contributed by atoms with Crippen LogP contribution in [0.1, 0.15) is 6.92 Å². The molecule has 0 aromatic rings. The third-order valence-electron chi connectivity index (χ3n) is 1.17. The number of rotatable bonds is 3. The molecule has 0 aliphatic rings. The van der Waals surface area contributed by atoms with Crippen LogP contribution < -0.4 is 11.6 Å². The Hall–Kier alpha value is -1.30. The van der Waals surface area contributed by atoms with E-state index >= 15 is 0 Å². The van der Waals surface area contributed by atoms with Gasteiger partial charge in [0, 0.05) is 6.54 Å². The Bertz CT molecular complexity index is 159. The quantitative estimate of drug-likeness (QED) is 0.268. The molecule has 0 radical (unpaired) electrons. The van der Waals surface area contributed by atoms with Crippen molar-refractivity contribution in [1.82, 2.24) is 4.90 Å². The van der Waals surface area contributed by atoms with Crippen molar-refractivity contribution in [3.05, 3.63) is 0 Å². The summed E-state index contributed by atoms with van der Waals surface area (Å²) in [4.78, 5) is 15.8. The molecule has 0 amide bonds. The summed E-state index contributed by atoms with van der Waals surface area (Å²) in [5.74, 6) is 3.81. The molecule has 0 heterocycles. The Morgan fingerprint density at radius 1 is 1.73 bits per heavy atom. The predicted octanol–water partition coefficient (Wildman–Crippen LogP) is -1.38. The topological polar surface area (TPSA) is 105 Å². The van der Waals surface area contributed by atoms with Gasteiger partial charge in [-0.3, -0.25) is 5.41 Å². The minimum absolute atomic E-state index is 0.0810. The number of nitrogens with one attached hydrogen (secondary N) is 1. The van der Waals surface area contributed by atoms with Crippen molar-refractivity contribution in [2.24, 2.45) is 11.6 Å². The van der Waals surface area contributed by atoms with Crippen LogP contribution >= 0.6 is 0 Å². The number of nitrogens with zero attached hydrogens (tertiary/aromatic N) is 1. The van der Waals surface area contributed by atoms with E-state index in [0.29, 0.717) is 6.54 Å². The van der Waals surface area contributed by atoms with Gasteiger partial charge in [-0.15, -0.1) is 0 Å². The molecule has 6 heteroatoms. The monoisotopic (exact) mass is 160 g/mol. The van der Waals surface area contributed by atoms with Crippen LogP contribution in [0.25, 0.3) is 0 Å². The molecule has 11 heavy (non-hydrogen) atoms. The van der Waals surface area contributed by atoms with Crippen LogP contribution in [0.15, 0.2) is 0 Å². The molecule has 64 valence electrons. The third-order valence-corrected chi connectivity index (χ3v) is 1.17. The van der Waals surface area contributed by atoms with Crippen molar-refractivity contribution >= 4 is 11.9 Å². The zero-order valence-electron chi connectivity index (χ0n) is 6.33. The van der Waals surface area contributed by atoms with E-state index in [1.807, 2.05) is 0 Å². The fraction of sp³-hybridized carbons (Fsp3) is 0.600. The number of nitrogens with two attached hydrogens (primary N) is 2. The number of hydrogen-bond donors (Lipinski definition) is 3. The van der Waals surface area contributed by atoms with Crippen molar-refractivity contribution < 1.29 is 9.63 Å². The molecular formula is C5H12N4O2. The first kappa shape index (κ1) is 9.70. The number of guanidine groups is 1. The van der Waals surface area contributed by atoms with E-state index in [-0.39, 0.29) is 12.5 Å². The van der Waals surface area contributed by atoms with Crippen molar-refractivity contribution in [2.45, 2.75) is 6.92 Å². The number of likely N-dealkylation sites (N-methyl/N-ethyl adjacent to an activating group) is 1. The Morgan fingerprint density at radius 3 is 2.55 bits per heavy atom. The van der Waals surface area contributed by atoms with Gasteiger partial charge in [0.1, 0.15) is 6.54 Å². The number of hydrogen-bond acceptors (Lipinski definition) is 4. The molecule has 0 aliphatic carbocycles. The van der Waals surface area contributed by atoms with Crippen molar-refractivity contribution in [1.29, 1.82) is 5.41 Å². The van der Waals surface area contributed by atoms with Gasteiger partial charge in [0.05, 0.1) is 0 Å². The lowest BCUT2D eigenvalue weighted by Gasteiger charge is -2.17. The summed E-state index contributed by atoms with van der Waals surface area (Å²) < 4.78 is 0. The summed E-state index contributed by atoms with van der Waals surface area (Å²) in [5, 5.41) is 6.98. The van der Waals surface area contributed by atoms with E-state index in [1.54, 1.807) is 6.92 Å². The van der Waals surface area contributed by atoms with Gasteiger partial charge in [-0.25, -0.2) is 4.79 Å². The summed E-state index contributed by atoms with van der Waals surface area (Å²) in [5.41, 5.74) is 5.11. The highest BCUT2D eigenvalue weighted by atomic mass is 16.7. The maximum Gasteiger partial charge on any atom is 0.344 e. The molecule has 0 aliphatic heterocycles. The summed E-state index contributed by atoms with van der Waals surface area (Å²) in [7, 11) is 0. The van der Waals surface area contributed by atoms with E-state index in [0.717, 1.165) is 0 Å². The highest BCUT2D eigenvalue weighted by Gasteiger charge is 2.09. The van der Waals surface area contributed by atoms with Gasteiger partial charge >= 0.3 is 5.97 Å². The molecule has 0 fully saturated rings. The molecule has 0 spiro atoms. The standard InChI is InChI=1S/C5H12N4O2/c1-2-9(5(6)7)3-4(10)11-8/h2-3,8H2,1H3,(H3,6,7). The van der Waals surface area contributed by atoms with Gasteiger partial charge < -0.3 is 15.5 Å². The van der Waals surface area contributed by atoms with Crippen molar-refractivity contribution in [3.8, 4) is 0 Å². The Balaban J connectivity index is 3.88. The zero-order valence-corrected chi connectivity index (χ0v) is 6.33. The highest BCUT2D eigenvalue weighted by molar-refractivity contribution is 5.80. The van der Waals surface area contributed by atoms with Gasteiger partial charge in [0.15, 0.2) is 5.96 Å². The summed E-state index contributed by atoms with van der Waals surface area (Å²) >= 11 is 0.